The maximum absolute atomic E-state index is 12.0. The Balaban J connectivity index is 0.00000484. The number of anilines is 1. The predicted octanol–water partition coefficient (Wildman–Crippen LogP) is 0.236. The zero-order valence-corrected chi connectivity index (χ0v) is 14.6. The van der Waals surface area contributed by atoms with E-state index in [4.69, 9.17) is 5.73 Å². The van der Waals surface area contributed by atoms with Crippen molar-refractivity contribution in [1.82, 2.24) is 4.72 Å². The average molecular weight is 366 g/mol. The number of halogens is 1. The van der Waals surface area contributed by atoms with Gasteiger partial charge >= 0.3 is 5.97 Å². The number of nitrogens with one attached hydrogen (secondary N) is 2. The van der Waals surface area contributed by atoms with Gasteiger partial charge in [-0.05, 0) is 32.0 Å². The number of rotatable bonds is 6. The first-order valence-corrected chi connectivity index (χ1v) is 7.81. The summed E-state index contributed by atoms with van der Waals surface area (Å²) in [5, 5.41) is 2.52. The van der Waals surface area contributed by atoms with E-state index in [9.17, 15) is 18.0 Å². The highest BCUT2D eigenvalue weighted by Crippen LogP contribution is 2.16. The zero-order chi connectivity index (χ0) is 17.0. The Bertz CT molecular complexity index is 670. The molecular formula is C13H20ClN3O5S. The fourth-order valence-corrected chi connectivity index (χ4v) is 2.36. The Morgan fingerprint density at radius 2 is 1.91 bits per heavy atom. The van der Waals surface area contributed by atoms with E-state index in [-0.39, 0.29) is 23.0 Å². The van der Waals surface area contributed by atoms with Gasteiger partial charge in [0.1, 0.15) is 6.54 Å². The molecule has 130 valence electrons. The van der Waals surface area contributed by atoms with Crippen LogP contribution >= 0.6 is 12.4 Å². The largest absolute Gasteiger partial charge is 0.468 e. The number of hydrogen-bond acceptors (Lipinski definition) is 6. The van der Waals surface area contributed by atoms with Gasteiger partial charge in [-0.1, -0.05) is 6.07 Å². The minimum absolute atomic E-state index is 0. The Morgan fingerprint density at radius 1 is 1.30 bits per heavy atom. The van der Waals surface area contributed by atoms with Crippen LogP contribution in [0.2, 0.25) is 0 Å². The van der Waals surface area contributed by atoms with Crippen LogP contribution in [-0.2, 0) is 24.3 Å². The second kappa shape index (κ2) is 8.25. The molecule has 0 heterocycles. The number of amides is 1. The third-order valence-corrected chi connectivity index (χ3v) is 4.02. The molecule has 0 unspecified atom stereocenters. The molecule has 0 aliphatic carbocycles. The molecule has 1 aromatic rings. The van der Waals surface area contributed by atoms with Crippen LogP contribution in [0.1, 0.15) is 13.8 Å². The lowest BCUT2D eigenvalue weighted by Crippen LogP contribution is -2.45. The maximum Gasteiger partial charge on any atom is 0.320 e. The van der Waals surface area contributed by atoms with Gasteiger partial charge in [0.25, 0.3) is 0 Å². The minimum Gasteiger partial charge on any atom is -0.468 e. The van der Waals surface area contributed by atoms with Gasteiger partial charge in [0, 0.05) is 5.69 Å². The van der Waals surface area contributed by atoms with Gasteiger partial charge in [0.15, 0.2) is 0 Å². The van der Waals surface area contributed by atoms with Crippen molar-refractivity contribution in [2.24, 2.45) is 5.73 Å². The van der Waals surface area contributed by atoms with Crippen molar-refractivity contribution in [2.45, 2.75) is 24.3 Å². The predicted molar refractivity (Wildman–Crippen MR) is 87.8 cm³/mol. The number of nitrogens with two attached hydrogens (primary N) is 1. The first kappa shape index (κ1) is 21.3. The van der Waals surface area contributed by atoms with Gasteiger partial charge in [-0.3, -0.25) is 9.59 Å². The molecular weight excluding hydrogens is 346 g/mol. The number of hydrogen-bond donors (Lipinski definition) is 3. The highest BCUT2D eigenvalue weighted by Gasteiger charge is 2.22. The van der Waals surface area contributed by atoms with Gasteiger partial charge in [0.05, 0.1) is 17.5 Å². The van der Waals surface area contributed by atoms with E-state index in [1.807, 2.05) is 0 Å². The molecule has 4 N–H and O–H groups in total. The van der Waals surface area contributed by atoms with Crippen molar-refractivity contribution in [3.63, 3.8) is 0 Å². The van der Waals surface area contributed by atoms with E-state index >= 15 is 0 Å². The molecule has 0 aliphatic rings. The van der Waals surface area contributed by atoms with Gasteiger partial charge in [-0.15, -0.1) is 12.4 Å². The summed E-state index contributed by atoms with van der Waals surface area (Å²) in [5.74, 6) is -1.16. The van der Waals surface area contributed by atoms with Crippen molar-refractivity contribution in [2.75, 3.05) is 19.0 Å². The zero-order valence-electron chi connectivity index (χ0n) is 13.0. The summed E-state index contributed by atoms with van der Waals surface area (Å²) in [6, 6.07) is 5.60. The summed E-state index contributed by atoms with van der Waals surface area (Å²) in [6.45, 7) is 2.58. The number of methoxy groups -OCH3 is 1. The molecule has 10 heteroatoms. The third kappa shape index (κ3) is 6.53. The van der Waals surface area contributed by atoms with E-state index in [0.717, 1.165) is 7.11 Å². The molecule has 0 bridgehead atoms. The second-order valence-electron chi connectivity index (χ2n) is 5.10. The summed E-state index contributed by atoms with van der Waals surface area (Å²) < 4.78 is 30.5. The van der Waals surface area contributed by atoms with Crippen LogP contribution in [0.3, 0.4) is 0 Å². The van der Waals surface area contributed by atoms with Crippen molar-refractivity contribution in [3.8, 4) is 0 Å². The van der Waals surface area contributed by atoms with Gasteiger partial charge in [-0.2, -0.15) is 4.72 Å². The summed E-state index contributed by atoms with van der Waals surface area (Å²) in [7, 11) is -2.74. The first-order chi connectivity index (χ1) is 10.1. The molecule has 23 heavy (non-hydrogen) atoms. The Morgan fingerprint density at radius 3 is 2.43 bits per heavy atom. The lowest BCUT2D eigenvalue weighted by Gasteiger charge is -2.18. The lowest BCUT2D eigenvalue weighted by molar-refractivity contribution is -0.139. The van der Waals surface area contributed by atoms with Crippen molar-refractivity contribution in [3.05, 3.63) is 24.3 Å². The topological polar surface area (TPSA) is 128 Å². The number of sulfonamides is 1. The summed E-state index contributed by atoms with van der Waals surface area (Å²) in [4.78, 5) is 22.7. The van der Waals surface area contributed by atoms with Crippen LogP contribution in [-0.4, -0.2) is 39.5 Å². The van der Waals surface area contributed by atoms with Crippen LogP contribution < -0.4 is 15.8 Å². The highest BCUT2D eigenvalue weighted by atomic mass is 35.5. The molecule has 1 rings (SSSR count). The molecule has 8 nitrogen and oxygen atoms in total. The van der Waals surface area contributed by atoms with E-state index in [1.165, 1.54) is 38.1 Å². The fourth-order valence-electron chi connectivity index (χ4n) is 1.34. The summed E-state index contributed by atoms with van der Waals surface area (Å²) >= 11 is 0. The van der Waals surface area contributed by atoms with Gasteiger partial charge < -0.3 is 15.8 Å². The number of ether oxygens (including phenoxy) is 1. The molecule has 0 spiro atoms. The first-order valence-electron chi connectivity index (χ1n) is 6.33. The molecule has 0 aliphatic heterocycles. The van der Waals surface area contributed by atoms with Crippen LogP contribution in [0.15, 0.2) is 29.2 Å². The highest BCUT2D eigenvalue weighted by molar-refractivity contribution is 7.89. The molecule has 0 saturated heterocycles. The fraction of sp³-hybridized carbons (Fsp3) is 0.385. The van der Waals surface area contributed by atoms with Crippen LogP contribution in [0, 0.1) is 0 Å². The minimum atomic E-state index is -3.89. The molecule has 1 amide bonds. The second-order valence-corrected chi connectivity index (χ2v) is 6.87. The molecule has 0 saturated carbocycles. The van der Waals surface area contributed by atoms with Crippen molar-refractivity contribution < 1.29 is 22.7 Å². The van der Waals surface area contributed by atoms with Crippen LogP contribution in [0.5, 0.6) is 0 Å². The van der Waals surface area contributed by atoms with E-state index < -0.39 is 34.0 Å². The third-order valence-electron chi connectivity index (χ3n) is 2.62. The van der Waals surface area contributed by atoms with E-state index in [2.05, 4.69) is 14.8 Å². The molecule has 0 radical (unpaired) electrons. The molecule has 0 aromatic heterocycles. The van der Waals surface area contributed by atoms with Crippen molar-refractivity contribution >= 4 is 40.0 Å². The lowest BCUT2D eigenvalue weighted by atomic mass is 10.1. The maximum atomic E-state index is 12.0. The van der Waals surface area contributed by atoms with Gasteiger partial charge in [0.2, 0.25) is 15.9 Å². The van der Waals surface area contributed by atoms with E-state index in [0.29, 0.717) is 0 Å². The molecule has 0 atom stereocenters. The quantitative estimate of drug-likeness (QED) is 0.619. The number of benzene rings is 1. The van der Waals surface area contributed by atoms with Crippen LogP contribution in [0.4, 0.5) is 5.69 Å². The summed E-state index contributed by atoms with van der Waals surface area (Å²) in [6.07, 6.45) is 0. The Hall–Kier alpha value is -1.68. The molecule has 1 aromatic carbocycles. The molecule has 0 fully saturated rings. The average Bonchev–Trinajstić information content (AvgIpc) is 2.44. The van der Waals surface area contributed by atoms with Crippen molar-refractivity contribution in [1.29, 1.82) is 0 Å². The normalized spacial score (nSPS) is 11.3. The smallest absolute Gasteiger partial charge is 0.320 e. The number of carbonyl (C=O) groups excluding carboxylic acids is 2. The summed E-state index contributed by atoms with van der Waals surface area (Å²) in [5.41, 5.74) is 4.84. The standard InChI is InChI=1S/C13H19N3O5S.ClH/c1-13(2,14)12(18)16-9-5-4-6-10(7-9)22(19,20)15-8-11(17)21-3;/h4-7,15H,8,14H2,1-3H3,(H,16,18);1H. The SMILES string of the molecule is COC(=O)CNS(=O)(=O)c1cccc(NC(=O)C(C)(C)N)c1.Cl. The van der Waals surface area contributed by atoms with E-state index in [1.54, 1.807) is 0 Å². The number of esters is 1. The van der Waals surface area contributed by atoms with Gasteiger partial charge in [-0.25, -0.2) is 8.42 Å². The Labute approximate surface area is 141 Å². The van der Waals surface area contributed by atoms with Crippen LogP contribution in [0.25, 0.3) is 0 Å². The Kier molecular flexibility index (Phi) is 7.65. The monoisotopic (exact) mass is 365 g/mol. The number of carbonyl (C=O) groups is 2.